The number of carbonyl (C=O) groups excluding carboxylic acids is 1. The van der Waals surface area contributed by atoms with Crippen LogP contribution in [0.1, 0.15) is 25.7 Å². The maximum atomic E-state index is 13.1. The number of pyridine rings is 2. The van der Waals surface area contributed by atoms with Crippen molar-refractivity contribution in [1.29, 1.82) is 0 Å². The maximum absolute atomic E-state index is 13.1. The first-order valence-corrected chi connectivity index (χ1v) is 11.3. The fourth-order valence-corrected chi connectivity index (χ4v) is 5.11. The molecule has 2 amide bonds. The zero-order valence-corrected chi connectivity index (χ0v) is 18.4. The molecule has 2 bridgehead atoms. The molecule has 2 aliphatic heterocycles. The van der Waals surface area contributed by atoms with E-state index in [0.29, 0.717) is 18.7 Å². The SMILES string of the molecule is Cn1cc(-c2cnc3cnc(NC(=O)N4[C@@H]5CC[C@H]4CC(NC(CF)CF)C5)cc3c2)cn1. The van der Waals surface area contributed by atoms with Gasteiger partial charge in [-0.25, -0.2) is 18.6 Å². The number of hydrogen-bond donors (Lipinski definition) is 2. The Morgan fingerprint density at radius 1 is 1.09 bits per heavy atom. The number of halogens is 2. The summed E-state index contributed by atoms with van der Waals surface area (Å²) < 4.78 is 27.6. The molecule has 1 unspecified atom stereocenters. The Kier molecular flexibility index (Phi) is 5.92. The van der Waals surface area contributed by atoms with E-state index in [9.17, 15) is 13.6 Å². The van der Waals surface area contributed by atoms with Crippen LogP contribution in [0.25, 0.3) is 22.0 Å². The smallest absolute Gasteiger partial charge is 0.318 e. The third kappa shape index (κ3) is 4.39. The van der Waals surface area contributed by atoms with Crippen molar-refractivity contribution in [2.24, 2.45) is 7.05 Å². The lowest BCUT2D eigenvalue weighted by molar-refractivity contribution is 0.133. The molecule has 10 heteroatoms. The number of aryl methyl sites for hydroxylation is 1. The van der Waals surface area contributed by atoms with Crippen molar-refractivity contribution >= 4 is 22.8 Å². The number of amides is 2. The molecular weight excluding hydrogens is 428 g/mol. The van der Waals surface area contributed by atoms with Gasteiger partial charge >= 0.3 is 6.03 Å². The van der Waals surface area contributed by atoms with Crippen LogP contribution < -0.4 is 10.6 Å². The average molecular weight is 456 g/mol. The summed E-state index contributed by atoms with van der Waals surface area (Å²) in [4.78, 5) is 23.8. The van der Waals surface area contributed by atoms with E-state index in [1.54, 1.807) is 23.3 Å². The van der Waals surface area contributed by atoms with E-state index in [1.165, 1.54) is 0 Å². The lowest BCUT2D eigenvalue weighted by atomic mass is 9.97. The number of carbonyl (C=O) groups is 1. The summed E-state index contributed by atoms with van der Waals surface area (Å²) in [5.74, 6) is 0.465. The fourth-order valence-electron chi connectivity index (χ4n) is 5.11. The van der Waals surface area contributed by atoms with Gasteiger partial charge in [-0.2, -0.15) is 5.10 Å². The van der Waals surface area contributed by atoms with Gasteiger partial charge in [0.1, 0.15) is 19.2 Å². The lowest BCUT2D eigenvalue weighted by Gasteiger charge is -2.39. The Bertz CT molecular complexity index is 1130. The van der Waals surface area contributed by atoms with Gasteiger partial charge in [-0.1, -0.05) is 0 Å². The summed E-state index contributed by atoms with van der Waals surface area (Å²) in [5.41, 5.74) is 2.64. The van der Waals surface area contributed by atoms with E-state index in [4.69, 9.17) is 0 Å². The maximum Gasteiger partial charge on any atom is 0.323 e. The van der Waals surface area contributed by atoms with Crippen LogP contribution in [0.5, 0.6) is 0 Å². The number of alkyl halides is 2. The highest BCUT2D eigenvalue weighted by Gasteiger charge is 2.43. The Labute approximate surface area is 190 Å². The number of hydrogen-bond acceptors (Lipinski definition) is 5. The van der Waals surface area contributed by atoms with Crippen molar-refractivity contribution in [3.63, 3.8) is 0 Å². The van der Waals surface area contributed by atoms with E-state index in [2.05, 4.69) is 25.7 Å². The largest absolute Gasteiger partial charge is 0.323 e. The molecule has 3 atom stereocenters. The van der Waals surface area contributed by atoms with E-state index in [1.807, 2.05) is 30.3 Å². The molecule has 2 fully saturated rings. The predicted molar refractivity (Wildman–Crippen MR) is 121 cm³/mol. The van der Waals surface area contributed by atoms with Gasteiger partial charge in [0.25, 0.3) is 0 Å². The monoisotopic (exact) mass is 455 g/mol. The number of anilines is 1. The van der Waals surface area contributed by atoms with Crippen LogP contribution >= 0.6 is 0 Å². The number of aromatic nitrogens is 4. The highest BCUT2D eigenvalue weighted by Crippen LogP contribution is 2.36. The van der Waals surface area contributed by atoms with Gasteiger partial charge in [0, 0.05) is 54.1 Å². The highest BCUT2D eigenvalue weighted by atomic mass is 19.1. The Morgan fingerprint density at radius 2 is 1.85 bits per heavy atom. The number of fused-ring (bicyclic) bond motifs is 3. The molecule has 5 heterocycles. The molecule has 5 rings (SSSR count). The van der Waals surface area contributed by atoms with Crippen molar-refractivity contribution in [3.05, 3.63) is 36.9 Å². The fraction of sp³-hybridized carbons (Fsp3) is 0.478. The first kappa shape index (κ1) is 21.7. The van der Waals surface area contributed by atoms with Gasteiger partial charge in [0.15, 0.2) is 0 Å². The van der Waals surface area contributed by atoms with Crippen molar-refractivity contribution in [3.8, 4) is 11.1 Å². The Morgan fingerprint density at radius 3 is 2.52 bits per heavy atom. The second-order valence-corrected chi connectivity index (χ2v) is 8.95. The van der Waals surface area contributed by atoms with Gasteiger partial charge in [-0.15, -0.1) is 0 Å². The first-order valence-electron chi connectivity index (χ1n) is 11.3. The Balaban J connectivity index is 1.29. The first-order chi connectivity index (χ1) is 16.0. The number of piperidine rings is 1. The normalized spacial score (nSPS) is 22.3. The molecule has 3 aromatic rings. The second kappa shape index (κ2) is 9.01. The van der Waals surface area contributed by atoms with Gasteiger partial charge in [0.05, 0.1) is 24.0 Å². The minimum absolute atomic E-state index is 0.0267. The number of rotatable bonds is 6. The molecule has 2 saturated heterocycles. The molecular formula is C23H27F2N7O. The lowest BCUT2D eigenvalue weighted by Crippen LogP contribution is -2.54. The van der Waals surface area contributed by atoms with Crippen LogP contribution in [-0.4, -0.2) is 68.2 Å². The van der Waals surface area contributed by atoms with Gasteiger partial charge in [-0.05, 0) is 37.8 Å². The summed E-state index contributed by atoms with van der Waals surface area (Å²) in [6.07, 6.45) is 10.3. The van der Waals surface area contributed by atoms with Crippen molar-refractivity contribution in [1.82, 2.24) is 30.0 Å². The summed E-state index contributed by atoms with van der Waals surface area (Å²) in [5, 5.41) is 11.1. The molecule has 0 spiro atoms. The molecule has 0 aromatic carbocycles. The molecule has 8 nitrogen and oxygen atoms in total. The van der Waals surface area contributed by atoms with E-state index >= 15 is 0 Å². The molecule has 0 radical (unpaired) electrons. The van der Waals surface area contributed by atoms with Gasteiger partial charge in [-0.3, -0.25) is 15.0 Å². The van der Waals surface area contributed by atoms with Crippen molar-refractivity contribution < 1.29 is 13.6 Å². The molecule has 0 saturated carbocycles. The molecule has 2 N–H and O–H groups in total. The van der Waals surface area contributed by atoms with Gasteiger partial charge in [0.2, 0.25) is 0 Å². The quantitative estimate of drug-likeness (QED) is 0.595. The number of nitrogens with zero attached hydrogens (tertiary/aromatic N) is 5. The standard InChI is InChI=1S/C23H27F2N7O/c1-31-13-16(11-28-31)15-4-14-5-22(27-12-21(14)26-10-15)30-23(33)32-19-2-3-20(32)7-17(6-19)29-18(8-24)9-25/h4-5,10-13,17-20,29H,2-3,6-9H2,1H3,(H,27,30,33)/t17?,19-,20+. The number of urea groups is 1. The summed E-state index contributed by atoms with van der Waals surface area (Å²) in [6, 6.07) is 3.02. The van der Waals surface area contributed by atoms with Crippen LogP contribution in [0.3, 0.4) is 0 Å². The molecule has 33 heavy (non-hydrogen) atoms. The molecule has 0 aliphatic carbocycles. The molecule has 2 aliphatic rings. The molecule has 3 aromatic heterocycles. The summed E-state index contributed by atoms with van der Waals surface area (Å²) in [6.45, 7) is -1.45. The number of nitrogens with one attached hydrogen (secondary N) is 2. The Hall–Kier alpha value is -3.14. The van der Waals surface area contributed by atoms with E-state index < -0.39 is 19.4 Å². The van der Waals surface area contributed by atoms with E-state index in [0.717, 1.165) is 34.9 Å². The minimum atomic E-state index is -0.762. The van der Waals surface area contributed by atoms with Crippen LogP contribution in [0.2, 0.25) is 0 Å². The second-order valence-electron chi connectivity index (χ2n) is 8.95. The van der Waals surface area contributed by atoms with Gasteiger partial charge < -0.3 is 10.2 Å². The van der Waals surface area contributed by atoms with Crippen molar-refractivity contribution in [2.45, 2.75) is 49.9 Å². The predicted octanol–water partition coefficient (Wildman–Crippen LogP) is 3.45. The highest BCUT2D eigenvalue weighted by molar-refractivity contribution is 5.92. The van der Waals surface area contributed by atoms with Crippen LogP contribution in [0.15, 0.2) is 36.9 Å². The molecule has 174 valence electrons. The zero-order valence-electron chi connectivity index (χ0n) is 18.4. The topological polar surface area (TPSA) is 88.0 Å². The van der Waals surface area contributed by atoms with E-state index in [-0.39, 0.29) is 24.2 Å². The van der Waals surface area contributed by atoms with Crippen LogP contribution in [-0.2, 0) is 7.05 Å². The average Bonchev–Trinajstić information content (AvgIpc) is 3.37. The third-order valence-electron chi connectivity index (χ3n) is 6.65. The zero-order chi connectivity index (χ0) is 22.9. The van der Waals surface area contributed by atoms with Crippen LogP contribution in [0.4, 0.5) is 19.4 Å². The third-order valence-corrected chi connectivity index (χ3v) is 6.65. The summed E-state index contributed by atoms with van der Waals surface area (Å²) >= 11 is 0. The van der Waals surface area contributed by atoms with Crippen molar-refractivity contribution in [2.75, 3.05) is 18.7 Å². The minimum Gasteiger partial charge on any atom is -0.318 e. The van der Waals surface area contributed by atoms with Crippen LogP contribution in [0, 0.1) is 0 Å². The summed E-state index contributed by atoms with van der Waals surface area (Å²) in [7, 11) is 1.86.